The van der Waals surface area contributed by atoms with Gasteiger partial charge in [-0.25, -0.2) is 4.99 Å². The van der Waals surface area contributed by atoms with E-state index < -0.39 is 5.97 Å². The van der Waals surface area contributed by atoms with Gasteiger partial charge in [-0.2, -0.15) is 0 Å². The van der Waals surface area contributed by atoms with Gasteiger partial charge in [0.15, 0.2) is 5.17 Å². The Balaban J connectivity index is 1.55. The summed E-state index contributed by atoms with van der Waals surface area (Å²) < 4.78 is 1.18. The van der Waals surface area contributed by atoms with Gasteiger partial charge in [0, 0.05) is 4.70 Å². The number of benzene rings is 2. The second-order valence-electron chi connectivity index (χ2n) is 5.91. The standard InChI is InChI=1S/C20H14N2O3S2/c23-18(24)9-12-5-7-14(8-6-12)21-20-22-19(25)17(27-20)10-13-11-26-16-4-2-1-3-15(13)16/h1-8,10-11H,9H2,(H,23,24)(H,21,22,25). The minimum atomic E-state index is -0.872. The summed E-state index contributed by atoms with van der Waals surface area (Å²) in [6, 6.07) is 15.0. The highest BCUT2D eigenvalue weighted by molar-refractivity contribution is 8.18. The van der Waals surface area contributed by atoms with Gasteiger partial charge in [-0.3, -0.25) is 9.59 Å². The molecule has 1 fully saturated rings. The van der Waals surface area contributed by atoms with Crippen LogP contribution in [-0.2, 0) is 16.0 Å². The summed E-state index contributed by atoms with van der Waals surface area (Å²) in [5, 5.41) is 15.3. The summed E-state index contributed by atoms with van der Waals surface area (Å²) in [7, 11) is 0. The average molecular weight is 394 g/mol. The number of thiophene rings is 1. The van der Waals surface area contributed by atoms with Crippen LogP contribution in [0.2, 0.25) is 0 Å². The minimum Gasteiger partial charge on any atom is -0.481 e. The van der Waals surface area contributed by atoms with Crippen molar-refractivity contribution < 1.29 is 14.7 Å². The summed E-state index contributed by atoms with van der Waals surface area (Å²) in [4.78, 5) is 28.0. The van der Waals surface area contributed by atoms with Crippen molar-refractivity contribution in [2.75, 3.05) is 0 Å². The van der Waals surface area contributed by atoms with Crippen LogP contribution in [0, 0.1) is 0 Å². The van der Waals surface area contributed by atoms with Crippen molar-refractivity contribution in [3.8, 4) is 0 Å². The van der Waals surface area contributed by atoms with Crippen LogP contribution in [0.1, 0.15) is 11.1 Å². The number of thioether (sulfide) groups is 1. The van der Waals surface area contributed by atoms with Crippen molar-refractivity contribution in [1.82, 2.24) is 5.32 Å². The lowest BCUT2D eigenvalue weighted by molar-refractivity contribution is -0.136. The number of nitrogens with zero attached hydrogens (tertiary/aromatic N) is 1. The number of carbonyl (C=O) groups excluding carboxylic acids is 1. The van der Waals surface area contributed by atoms with Crippen molar-refractivity contribution in [2.45, 2.75) is 6.42 Å². The molecule has 1 aliphatic rings. The number of hydrogen-bond donors (Lipinski definition) is 2. The number of rotatable bonds is 4. The highest BCUT2D eigenvalue weighted by Crippen LogP contribution is 2.32. The second-order valence-corrected chi connectivity index (χ2v) is 7.85. The fourth-order valence-electron chi connectivity index (χ4n) is 2.71. The molecule has 0 radical (unpaired) electrons. The van der Waals surface area contributed by atoms with Crippen LogP contribution in [0.4, 0.5) is 5.69 Å². The van der Waals surface area contributed by atoms with Crippen LogP contribution < -0.4 is 5.32 Å². The molecule has 0 saturated carbocycles. The fourth-order valence-corrected chi connectivity index (χ4v) is 4.46. The maximum absolute atomic E-state index is 12.3. The number of amides is 1. The van der Waals surface area contributed by atoms with E-state index in [4.69, 9.17) is 5.11 Å². The van der Waals surface area contributed by atoms with E-state index in [0.717, 1.165) is 10.9 Å². The molecule has 7 heteroatoms. The lowest BCUT2D eigenvalue weighted by Gasteiger charge is -1.99. The molecule has 0 aliphatic carbocycles. The third kappa shape index (κ3) is 3.94. The van der Waals surface area contributed by atoms with Crippen molar-refractivity contribution in [3.63, 3.8) is 0 Å². The van der Waals surface area contributed by atoms with E-state index in [0.29, 0.717) is 21.3 Å². The molecule has 0 unspecified atom stereocenters. The molecule has 1 amide bonds. The highest BCUT2D eigenvalue weighted by atomic mass is 32.2. The van der Waals surface area contributed by atoms with Gasteiger partial charge in [0.2, 0.25) is 0 Å². The van der Waals surface area contributed by atoms with E-state index in [1.807, 2.05) is 29.7 Å². The Morgan fingerprint density at radius 2 is 1.93 bits per heavy atom. The Bertz CT molecular complexity index is 1100. The van der Waals surface area contributed by atoms with Gasteiger partial charge in [0.05, 0.1) is 17.0 Å². The maximum Gasteiger partial charge on any atom is 0.307 e. The van der Waals surface area contributed by atoms with Gasteiger partial charge in [0.25, 0.3) is 5.91 Å². The Morgan fingerprint density at radius 1 is 1.15 bits per heavy atom. The highest BCUT2D eigenvalue weighted by Gasteiger charge is 2.24. The number of nitrogens with one attached hydrogen (secondary N) is 1. The Hall–Kier alpha value is -2.90. The van der Waals surface area contributed by atoms with E-state index in [2.05, 4.69) is 16.4 Å². The largest absolute Gasteiger partial charge is 0.481 e. The summed E-state index contributed by atoms with van der Waals surface area (Å²) >= 11 is 2.95. The average Bonchev–Trinajstić information content (AvgIpc) is 3.20. The smallest absolute Gasteiger partial charge is 0.307 e. The molecule has 3 aromatic rings. The molecular formula is C20H14N2O3S2. The summed E-state index contributed by atoms with van der Waals surface area (Å²) in [6.07, 6.45) is 1.86. The van der Waals surface area contributed by atoms with Crippen molar-refractivity contribution in [3.05, 3.63) is 69.9 Å². The Kier molecular flexibility index (Phi) is 4.79. The molecular weight excluding hydrogens is 380 g/mol. The molecule has 2 N–H and O–H groups in total. The first-order valence-corrected chi connectivity index (χ1v) is 9.85. The summed E-state index contributed by atoms with van der Waals surface area (Å²) in [5.41, 5.74) is 2.39. The molecule has 2 heterocycles. The van der Waals surface area contributed by atoms with E-state index in [9.17, 15) is 9.59 Å². The first-order valence-electron chi connectivity index (χ1n) is 8.15. The van der Waals surface area contributed by atoms with Crippen molar-refractivity contribution >= 4 is 62.0 Å². The van der Waals surface area contributed by atoms with E-state index in [-0.39, 0.29) is 12.3 Å². The number of aliphatic carboxylic acids is 1. The zero-order chi connectivity index (χ0) is 18.8. The Morgan fingerprint density at radius 3 is 2.70 bits per heavy atom. The lowest BCUT2D eigenvalue weighted by Crippen LogP contribution is -2.19. The SMILES string of the molecule is O=C(O)Cc1ccc(N=C2NC(=O)C(=Cc3csc4ccccc34)S2)cc1. The van der Waals surface area contributed by atoms with Crippen LogP contribution in [0.5, 0.6) is 0 Å². The zero-order valence-electron chi connectivity index (χ0n) is 14.0. The number of amidine groups is 1. The number of carboxylic acids is 1. The maximum atomic E-state index is 12.3. The minimum absolute atomic E-state index is 0.0240. The van der Waals surface area contributed by atoms with Crippen LogP contribution in [0.25, 0.3) is 16.2 Å². The number of carboxylic acid groups (broad SMARTS) is 1. The van der Waals surface area contributed by atoms with E-state index in [1.54, 1.807) is 35.6 Å². The third-order valence-corrected chi connectivity index (χ3v) is 5.86. The molecule has 0 bridgehead atoms. The second kappa shape index (κ2) is 7.38. The zero-order valence-corrected chi connectivity index (χ0v) is 15.6. The number of carbonyl (C=O) groups is 2. The van der Waals surface area contributed by atoms with Crippen LogP contribution in [0.3, 0.4) is 0 Å². The normalized spacial score (nSPS) is 17.0. The van der Waals surface area contributed by atoms with E-state index in [1.165, 1.54) is 16.5 Å². The van der Waals surface area contributed by atoms with Gasteiger partial charge in [-0.05, 0) is 57.9 Å². The molecule has 0 atom stereocenters. The lowest BCUT2D eigenvalue weighted by atomic mass is 10.1. The van der Waals surface area contributed by atoms with Gasteiger partial charge in [-0.15, -0.1) is 11.3 Å². The molecule has 2 aromatic carbocycles. The predicted molar refractivity (Wildman–Crippen MR) is 110 cm³/mol. The number of aliphatic imine (C=N–C) groups is 1. The molecule has 4 rings (SSSR count). The molecule has 1 aliphatic heterocycles. The molecule has 1 aromatic heterocycles. The summed E-state index contributed by atoms with van der Waals surface area (Å²) in [6.45, 7) is 0. The van der Waals surface area contributed by atoms with Gasteiger partial charge < -0.3 is 10.4 Å². The number of hydrogen-bond acceptors (Lipinski definition) is 5. The topological polar surface area (TPSA) is 78.8 Å². The molecule has 0 spiro atoms. The first kappa shape index (κ1) is 17.5. The fraction of sp³-hybridized carbons (Fsp3) is 0.0500. The van der Waals surface area contributed by atoms with Crippen molar-refractivity contribution in [1.29, 1.82) is 0 Å². The molecule has 134 valence electrons. The first-order chi connectivity index (χ1) is 13.1. The molecule has 5 nitrogen and oxygen atoms in total. The van der Waals surface area contributed by atoms with Crippen molar-refractivity contribution in [2.24, 2.45) is 4.99 Å². The summed E-state index contributed by atoms with van der Waals surface area (Å²) in [5.74, 6) is -1.04. The van der Waals surface area contributed by atoms with Crippen LogP contribution in [0.15, 0.2) is 63.8 Å². The predicted octanol–water partition coefficient (Wildman–Crippen LogP) is 4.42. The molecule has 1 saturated heterocycles. The van der Waals surface area contributed by atoms with Gasteiger partial charge in [0.1, 0.15) is 0 Å². The quantitative estimate of drug-likeness (QED) is 0.642. The van der Waals surface area contributed by atoms with Crippen LogP contribution >= 0.6 is 23.1 Å². The Labute approximate surface area is 163 Å². The van der Waals surface area contributed by atoms with E-state index >= 15 is 0 Å². The monoisotopic (exact) mass is 394 g/mol. The van der Waals surface area contributed by atoms with Gasteiger partial charge in [-0.1, -0.05) is 30.3 Å². The number of fused-ring (bicyclic) bond motifs is 1. The molecule has 27 heavy (non-hydrogen) atoms. The van der Waals surface area contributed by atoms with Crippen LogP contribution in [-0.4, -0.2) is 22.2 Å². The van der Waals surface area contributed by atoms with Gasteiger partial charge >= 0.3 is 5.97 Å². The third-order valence-electron chi connectivity index (χ3n) is 3.97.